The van der Waals surface area contributed by atoms with E-state index < -0.39 is 5.97 Å². The van der Waals surface area contributed by atoms with Crippen LogP contribution in [0.4, 0.5) is 5.69 Å². The van der Waals surface area contributed by atoms with Crippen LogP contribution in [0.15, 0.2) is 36.5 Å². The number of hydrogen-bond donors (Lipinski definition) is 0. The molecule has 0 unspecified atom stereocenters. The second kappa shape index (κ2) is 6.01. The molecule has 0 bridgehead atoms. The Morgan fingerprint density at radius 2 is 2.05 bits per heavy atom. The molecule has 6 heteroatoms. The maximum atomic E-state index is 12.1. The van der Waals surface area contributed by atoms with E-state index >= 15 is 0 Å². The first kappa shape index (κ1) is 14.3. The SMILES string of the molecule is CCn1nccc1C(=O)Oc1ccc(N2CCCC2=O)cc1. The molecule has 0 spiro atoms. The van der Waals surface area contributed by atoms with Gasteiger partial charge in [-0.3, -0.25) is 9.48 Å². The van der Waals surface area contributed by atoms with Gasteiger partial charge in [0.2, 0.25) is 5.91 Å². The van der Waals surface area contributed by atoms with Gasteiger partial charge < -0.3 is 9.64 Å². The maximum Gasteiger partial charge on any atom is 0.361 e. The number of nitrogens with zero attached hydrogens (tertiary/aromatic N) is 3. The highest BCUT2D eigenvalue weighted by Crippen LogP contribution is 2.24. The largest absolute Gasteiger partial charge is 0.422 e. The second-order valence-corrected chi connectivity index (χ2v) is 5.06. The lowest BCUT2D eigenvalue weighted by Crippen LogP contribution is -2.23. The van der Waals surface area contributed by atoms with E-state index in [0.29, 0.717) is 24.4 Å². The summed E-state index contributed by atoms with van der Waals surface area (Å²) in [5, 5.41) is 4.04. The summed E-state index contributed by atoms with van der Waals surface area (Å²) in [7, 11) is 0. The van der Waals surface area contributed by atoms with Crippen LogP contribution in [0.1, 0.15) is 30.3 Å². The first-order chi connectivity index (χ1) is 10.7. The number of anilines is 1. The molecule has 1 saturated heterocycles. The van der Waals surface area contributed by atoms with Crippen LogP contribution in [0, 0.1) is 0 Å². The highest BCUT2D eigenvalue weighted by Gasteiger charge is 2.21. The number of esters is 1. The Kier molecular flexibility index (Phi) is 3.91. The van der Waals surface area contributed by atoms with E-state index in [0.717, 1.165) is 18.7 Å². The highest BCUT2D eigenvalue weighted by molar-refractivity contribution is 5.95. The van der Waals surface area contributed by atoms with Gasteiger partial charge in [-0.2, -0.15) is 5.10 Å². The number of aryl methyl sites for hydroxylation is 1. The van der Waals surface area contributed by atoms with Crippen LogP contribution in [-0.2, 0) is 11.3 Å². The van der Waals surface area contributed by atoms with Crippen molar-refractivity contribution in [2.45, 2.75) is 26.3 Å². The molecule has 0 N–H and O–H groups in total. The molecule has 1 aliphatic heterocycles. The van der Waals surface area contributed by atoms with Crippen molar-refractivity contribution in [3.63, 3.8) is 0 Å². The number of hydrogen-bond acceptors (Lipinski definition) is 4. The number of aromatic nitrogens is 2. The summed E-state index contributed by atoms with van der Waals surface area (Å²) in [5.41, 5.74) is 1.25. The van der Waals surface area contributed by atoms with Crippen molar-refractivity contribution in [1.29, 1.82) is 0 Å². The lowest BCUT2D eigenvalue weighted by atomic mass is 10.3. The Morgan fingerprint density at radius 1 is 1.27 bits per heavy atom. The van der Waals surface area contributed by atoms with Gasteiger partial charge in [-0.25, -0.2) is 4.79 Å². The van der Waals surface area contributed by atoms with Crippen LogP contribution < -0.4 is 9.64 Å². The van der Waals surface area contributed by atoms with Crippen LogP contribution in [0.5, 0.6) is 5.75 Å². The van der Waals surface area contributed by atoms with E-state index in [2.05, 4.69) is 5.10 Å². The van der Waals surface area contributed by atoms with E-state index in [4.69, 9.17) is 4.74 Å². The van der Waals surface area contributed by atoms with Crippen molar-refractivity contribution >= 4 is 17.6 Å². The van der Waals surface area contributed by atoms with Crippen LogP contribution in [0.25, 0.3) is 0 Å². The first-order valence-corrected chi connectivity index (χ1v) is 7.33. The molecule has 3 rings (SSSR count). The molecule has 6 nitrogen and oxygen atoms in total. The fourth-order valence-corrected chi connectivity index (χ4v) is 2.53. The summed E-state index contributed by atoms with van der Waals surface area (Å²) in [4.78, 5) is 25.5. The van der Waals surface area contributed by atoms with Gasteiger partial charge >= 0.3 is 5.97 Å². The molecule has 2 heterocycles. The average molecular weight is 299 g/mol. The van der Waals surface area contributed by atoms with Crippen molar-refractivity contribution in [3.05, 3.63) is 42.2 Å². The van der Waals surface area contributed by atoms with E-state index in [-0.39, 0.29) is 5.91 Å². The van der Waals surface area contributed by atoms with Crippen molar-refractivity contribution < 1.29 is 14.3 Å². The minimum absolute atomic E-state index is 0.136. The second-order valence-electron chi connectivity index (χ2n) is 5.06. The third kappa shape index (κ3) is 2.72. The first-order valence-electron chi connectivity index (χ1n) is 7.33. The fourth-order valence-electron chi connectivity index (χ4n) is 2.53. The van der Waals surface area contributed by atoms with E-state index in [1.807, 2.05) is 6.92 Å². The third-order valence-corrected chi connectivity index (χ3v) is 3.66. The summed E-state index contributed by atoms with van der Waals surface area (Å²) in [6, 6.07) is 8.62. The van der Waals surface area contributed by atoms with Gasteiger partial charge in [0.15, 0.2) is 0 Å². The Bertz CT molecular complexity index is 691. The number of rotatable bonds is 4. The van der Waals surface area contributed by atoms with Crippen molar-refractivity contribution in [2.75, 3.05) is 11.4 Å². The number of amides is 1. The monoisotopic (exact) mass is 299 g/mol. The van der Waals surface area contributed by atoms with Gasteiger partial charge in [-0.1, -0.05) is 0 Å². The molecule has 0 radical (unpaired) electrons. The quantitative estimate of drug-likeness (QED) is 0.641. The highest BCUT2D eigenvalue weighted by atomic mass is 16.5. The molecule has 1 aliphatic rings. The van der Waals surface area contributed by atoms with Crippen molar-refractivity contribution in [3.8, 4) is 5.75 Å². The van der Waals surface area contributed by atoms with Crippen LogP contribution in [-0.4, -0.2) is 28.2 Å². The number of ether oxygens (including phenoxy) is 1. The van der Waals surface area contributed by atoms with E-state index in [1.54, 1.807) is 46.1 Å². The predicted octanol–water partition coefficient (Wildman–Crippen LogP) is 2.25. The molecular weight excluding hydrogens is 282 g/mol. The number of benzene rings is 1. The summed E-state index contributed by atoms with van der Waals surface area (Å²) in [5.74, 6) is 0.144. The molecule has 0 atom stereocenters. The number of carbonyl (C=O) groups excluding carboxylic acids is 2. The van der Waals surface area contributed by atoms with Crippen LogP contribution >= 0.6 is 0 Å². The fraction of sp³-hybridized carbons (Fsp3) is 0.312. The molecule has 0 saturated carbocycles. The molecule has 1 aromatic carbocycles. The average Bonchev–Trinajstić information content (AvgIpc) is 3.16. The maximum absolute atomic E-state index is 12.1. The molecular formula is C16H17N3O3. The summed E-state index contributed by atoms with van der Waals surface area (Å²) < 4.78 is 6.93. The molecule has 114 valence electrons. The van der Waals surface area contributed by atoms with Crippen molar-refractivity contribution in [2.24, 2.45) is 0 Å². The van der Waals surface area contributed by atoms with Crippen molar-refractivity contribution in [1.82, 2.24) is 9.78 Å². The molecule has 1 amide bonds. The van der Waals surface area contributed by atoms with Gasteiger partial charge in [-0.05, 0) is 43.7 Å². The van der Waals surface area contributed by atoms with Gasteiger partial charge in [0.1, 0.15) is 11.4 Å². The zero-order valence-electron chi connectivity index (χ0n) is 12.4. The zero-order valence-corrected chi connectivity index (χ0v) is 12.4. The minimum atomic E-state index is -0.440. The lowest BCUT2D eigenvalue weighted by molar-refractivity contribution is -0.117. The van der Waals surface area contributed by atoms with Gasteiger partial charge in [0.25, 0.3) is 0 Å². The standard InChI is InChI=1S/C16H17N3O3/c1-2-19-14(9-10-17-19)16(21)22-13-7-5-12(6-8-13)18-11-3-4-15(18)20/h5-10H,2-4,11H2,1H3. The van der Waals surface area contributed by atoms with Crippen LogP contribution in [0.2, 0.25) is 0 Å². The molecule has 0 aliphatic carbocycles. The Labute approximate surface area is 128 Å². The summed E-state index contributed by atoms with van der Waals surface area (Å²) >= 11 is 0. The molecule has 2 aromatic rings. The minimum Gasteiger partial charge on any atom is -0.422 e. The summed E-state index contributed by atoms with van der Waals surface area (Å²) in [6.45, 7) is 3.26. The Hall–Kier alpha value is -2.63. The van der Waals surface area contributed by atoms with Crippen LogP contribution in [0.3, 0.4) is 0 Å². The summed E-state index contributed by atoms with van der Waals surface area (Å²) in [6.07, 6.45) is 3.05. The topological polar surface area (TPSA) is 64.4 Å². The normalized spacial score (nSPS) is 14.4. The van der Waals surface area contributed by atoms with Gasteiger partial charge in [-0.15, -0.1) is 0 Å². The van der Waals surface area contributed by atoms with Gasteiger partial charge in [0.05, 0.1) is 0 Å². The number of carbonyl (C=O) groups is 2. The molecule has 1 fully saturated rings. The molecule has 1 aromatic heterocycles. The van der Waals surface area contributed by atoms with E-state index in [9.17, 15) is 9.59 Å². The molecule has 22 heavy (non-hydrogen) atoms. The Balaban J connectivity index is 1.71. The van der Waals surface area contributed by atoms with E-state index in [1.165, 1.54) is 0 Å². The Morgan fingerprint density at radius 3 is 2.68 bits per heavy atom. The van der Waals surface area contributed by atoms with Gasteiger partial charge in [0, 0.05) is 31.4 Å². The zero-order chi connectivity index (χ0) is 15.5. The smallest absolute Gasteiger partial charge is 0.361 e. The third-order valence-electron chi connectivity index (χ3n) is 3.66. The lowest BCUT2D eigenvalue weighted by Gasteiger charge is -2.15. The predicted molar refractivity (Wildman–Crippen MR) is 80.9 cm³/mol.